The number of aryl methyl sites for hydroxylation is 2. The standard InChI is InChI=1S/C18H18N4S/c1-14-7-6-10-17(11-14)12-19-22-15(2)20-21-18(22)23-13-16-8-4-3-5-9-16/h3-12H,13H2,1-2H3/b19-12+. The van der Waals surface area contributed by atoms with Crippen LogP contribution in [-0.4, -0.2) is 21.1 Å². The van der Waals surface area contributed by atoms with Crippen molar-refractivity contribution in [3.8, 4) is 0 Å². The van der Waals surface area contributed by atoms with Crippen molar-refractivity contribution in [3.63, 3.8) is 0 Å². The van der Waals surface area contributed by atoms with Crippen LogP contribution in [0.1, 0.15) is 22.5 Å². The van der Waals surface area contributed by atoms with Crippen molar-refractivity contribution in [3.05, 3.63) is 77.1 Å². The summed E-state index contributed by atoms with van der Waals surface area (Å²) in [4.78, 5) is 0. The Morgan fingerprint density at radius 2 is 1.87 bits per heavy atom. The molecule has 5 heteroatoms. The lowest BCUT2D eigenvalue weighted by Gasteiger charge is -2.02. The van der Waals surface area contributed by atoms with E-state index >= 15 is 0 Å². The van der Waals surface area contributed by atoms with Crippen molar-refractivity contribution < 1.29 is 0 Å². The minimum absolute atomic E-state index is 0.782. The smallest absolute Gasteiger partial charge is 0.192 e. The van der Waals surface area contributed by atoms with Crippen molar-refractivity contribution in [2.24, 2.45) is 5.10 Å². The summed E-state index contributed by atoms with van der Waals surface area (Å²) in [5, 5.41) is 13.7. The zero-order valence-corrected chi connectivity index (χ0v) is 14.0. The highest BCUT2D eigenvalue weighted by atomic mass is 32.2. The maximum atomic E-state index is 4.54. The fraction of sp³-hybridized carbons (Fsp3) is 0.167. The van der Waals surface area contributed by atoms with Gasteiger partial charge in [-0.1, -0.05) is 71.9 Å². The van der Waals surface area contributed by atoms with Gasteiger partial charge in [0.1, 0.15) is 0 Å². The van der Waals surface area contributed by atoms with Crippen LogP contribution >= 0.6 is 11.8 Å². The van der Waals surface area contributed by atoms with Crippen LogP contribution < -0.4 is 0 Å². The molecule has 0 aliphatic heterocycles. The molecule has 0 saturated carbocycles. The van der Waals surface area contributed by atoms with Gasteiger partial charge < -0.3 is 0 Å². The first kappa shape index (κ1) is 15.5. The molecule has 3 aromatic rings. The summed E-state index contributed by atoms with van der Waals surface area (Å²) in [7, 11) is 0. The van der Waals surface area contributed by atoms with Crippen LogP contribution in [0, 0.1) is 13.8 Å². The maximum Gasteiger partial charge on any atom is 0.212 e. The number of hydrogen-bond acceptors (Lipinski definition) is 4. The molecule has 3 rings (SSSR count). The highest BCUT2D eigenvalue weighted by Gasteiger charge is 2.08. The molecule has 0 aliphatic carbocycles. The number of benzene rings is 2. The van der Waals surface area contributed by atoms with Gasteiger partial charge in [-0.3, -0.25) is 0 Å². The zero-order valence-electron chi connectivity index (χ0n) is 13.2. The molecular formula is C18H18N4S. The summed E-state index contributed by atoms with van der Waals surface area (Å²) in [6, 6.07) is 18.6. The van der Waals surface area contributed by atoms with Gasteiger partial charge >= 0.3 is 0 Å². The third-order valence-electron chi connectivity index (χ3n) is 3.34. The van der Waals surface area contributed by atoms with E-state index in [0.717, 1.165) is 22.3 Å². The summed E-state index contributed by atoms with van der Waals surface area (Å²) in [6.45, 7) is 3.98. The molecule has 23 heavy (non-hydrogen) atoms. The van der Waals surface area contributed by atoms with Crippen molar-refractivity contribution in [1.82, 2.24) is 14.9 Å². The van der Waals surface area contributed by atoms with E-state index in [1.807, 2.05) is 43.5 Å². The Bertz CT molecular complexity index is 809. The molecule has 0 N–H and O–H groups in total. The van der Waals surface area contributed by atoms with Crippen LogP contribution in [-0.2, 0) is 5.75 Å². The molecule has 1 heterocycles. The molecular weight excluding hydrogens is 304 g/mol. The normalized spacial score (nSPS) is 11.2. The van der Waals surface area contributed by atoms with Crippen LogP contribution in [0.3, 0.4) is 0 Å². The predicted molar refractivity (Wildman–Crippen MR) is 94.9 cm³/mol. The molecule has 116 valence electrons. The average molecular weight is 322 g/mol. The lowest BCUT2D eigenvalue weighted by molar-refractivity contribution is 0.744. The van der Waals surface area contributed by atoms with E-state index in [4.69, 9.17) is 0 Å². The van der Waals surface area contributed by atoms with E-state index in [9.17, 15) is 0 Å². The van der Waals surface area contributed by atoms with Gasteiger partial charge in [-0.05, 0) is 25.0 Å². The second-order valence-corrected chi connectivity index (χ2v) is 6.22. The first-order valence-corrected chi connectivity index (χ1v) is 8.41. The molecule has 0 amide bonds. The first-order valence-electron chi connectivity index (χ1n) is 7.42. The van der Waals surface area contributed by atoms with Crippen LogP contribution in [0.5, 0.6) is 0 Å². The molecule has 0 fully saturated rings. The molecule has 4 nitrogen and oxygen atoms in total. The number of thioether (sulfide) groups is 1. The average Bonchev–Trinajstić information content (AvgIpc) is 2.92. The largest absolute Gasteiger partial charge is 0.212 e. The Balaban J connectivity index is 1.76. The summed E-state index contributed by atoms with van der Waals surface area (Å²) in [6.07, 6.45) is 1.84. The molecule has 0 unspecified atom stereocenters. The Labute approximate surface area is 140 Å². The van der Waals surface area contributed by atoms with E-state index in [-0.39, 0.29) is 0 Å². The van der Waals surface area contributed by atoms with E-state index in [2.05, 4.69) is 46.5 Å². The highest BCUT2D eigenvalue weighted by molar-refractivity contribution is 7.98. The van der Waals surface area contributed by atoms with Crippen LogP contribution in [0.4, 0.5) is 0 Å². The molecule has 0 aliphatic rings. The molecule has 0 atom stereocenters. The SMILES string of the molecule is Cc1cccc(/C=N/n2c(C)nnc2SCc2ccccc2)c1. The fourth-order valence-corrected chi connectivity index (χ4v) is 3.05. The van der Waals surface area contributed by atoms with Gasteiger partial charge in [0.05, 0.1) is 6.21 Å². The minimum Gasteiger partial charge on any atom is -0.192 e. The summed E-state index contributed by atoms with van der Waals surface area (Å²) in [5.41, 5.74) is 3.54. The van der Waals surface area contributed by atoms with E-state index in [1.165, 1.54) is 11.1 Å². The predicted octanol–water partition coefficient (Wildman–Crippen LogP) is 4.07. The van der Waals surface area contributed by atoms with Crippen LogP contribution in [0.2, 0.25) is 0 Å². The van der Waals surface area contributed by atoms with E-state index in [1.54, 1.807) is 16.4 Å². The summed E-state index contributed by atoms with van der Waals surface area (Å²) < 4.78 is 1.79. The monoisotopic (exact) mass is 322 g/mol. The Hall–Kier alpha value is -2.40. The van der Waals surface area contributed by atoms with Gasteiger partial charge in [-0.15, -0.1) is 10.2 Å². The van der Waals surface area contributed by atoms with E-state index in [0.29, 0.717) is 0 Å². The van der Waals surface area contributed by atoms with Gasteiger partial charge in [0.15, 0.2) is 5.82 Å². The van der Waals surface area contributed by atoms with Crippen molar-refractivity contribution in [1.29, 1.82) is 0 Å². The Morgan fingerprint density at radius 1 is 1.04 bits per heavy atom. The topological polar surface area (TPSA) is 43.1 Å². The zero-order chi connectivity index (χ0) is 16.1. The number of hydrogen-bond donors (Lipinski definition) is 0. The third-order valence-corrected chi connectivity index (χ3v) is 4.33. The van der Waals surface area contributed by atoms with E-state index < -0.39 is 0 Å². The maximum absolute atomic E-state index is 4.54. The van der Waals surface area contributed by atoms with Crippen molar-refractivity contribution in [2.45, 2.75) is 24.8 Å². The number of rotatable bonds is 5. The molecule has 0 saturated heterocycles. The van der Waals surface area contributed by atoms with Crippen molar-refractivity contribution >= 4 is 18.0 Å². The first-order chi connectivity index (χ1) is 11.2. The molecule has 0 spiro atoms. The van der Waals surface area contributed by atoms with Gasteiger partial charge in [0.2, 0.25) is 5.16 Å². The highest BCUT2D eigenvalue weighted by Crippen LogP contribution is 2.21. The third kappa shape index (κ3) is 4.07. The van der Waals surface area contributed by atoms with Gasteiger partial charge in [-0.2, -0.15) is 9.78 Å². The molecule has 0 radical (unpaired) electrons. The van der Waals surface area contributed by atoms with Crippen LogP contribution in [0.15, 0.2) is 64.9 Å². The summed E-state index contributed by atoms with van der Waals surface area (Å²) in [5.74, 6) is 1.63. The van der Waals surface area contributed by atoms with Gasteiger partial charge in [0, 0.05) is 5.75 Å². The Kier molecular flexibility index (Phi) is 4.88. The summed E-state index contributed by atoms with van der Waals surface area (Å²) >= 11 is 1.63. The molecule has 0 bridgehead atoms. The lowest BCUT2D eigenvalue weighted by Crippen LogP contribution is -1.96. The Morgan fingerprint density at radius 3 is 2.65 bits per heavy atom. The quantitative estimate of drug-likeness (QED) is 0.525. The molecule has 2 aromatic carbocycles. The van der Waals surface area contributed by atoms with Gasteiger partial charge in [0.25, 0.3) is 0 Å². The number of aromatic nitrogens is 3. The fourth-order valence-electron chi connectivity index (χ4n) is 2.16. The van der Waals surface area contributed by atoms with Crippen molar-refractivity contribution in [2.75, 3.05) is 0 Å². The number of nitrogens with zero attached hydrogens (tertiary/aromatic N) is 4. The second kappa shape index (κ2) is 7.24. The second-order valence-electron chi connectivity index (χ2n) is 5.27. The molecule has 1 aromatic heterocycles. The lowest BCUT2D eigenvalue weighted by atomic mass is 10.2. The van der Waals surface area contributed by atoms with Gasteiger partial charge in [-0.25, -0.2) is 0 Å². The minimum atomic E-state index is 0.782. The van der Waals surface area contributed by atoms with Crippen LogP contribution in [0.25, 0.3) is 0 Å².